The van der Waals surface area contributed by atoms with Crippen LogP contribution in [0, 0.1) is 5.41 Å². The summed E-state index contributed by atoms with van der Waals surface area (Å²) in [5.41, 5.74) is 8.94. The number of nitrogens with two attached hydrogens (primary N) is 2. The molecule has 0 aromatic rings. The van der Waals surface area contributed by atoms with E-state index in [4.69, 9.17) is 15.3 Å². The Labute approximate surface area is 96.3 Å². The van der Waals surface area contributed by atoms with Gasteiger partial charge in [0, 0.05) is 6.92 Å². The lowest BCUT2D eigenvalue weighted by Gasteiger charge is -1.94. The van der Waals surface area contributed by atoms with Crippen molar-refractivity contribution >= 4 is 11.9 Å². The summed E-state index contributed by atoms with van der Waals surface area (Å²) in [6, 6.07) is 0. The Bertz CT molecular complexity index is 214. The number of hydrogen-bond acceptors (Lipinski definition) is 2. The minimum atomic E-state index is -0.833. The summed E-state index contributed by atoms with van der Waals surface area (Å²) >= 11 is 0. The second-order valence-corrected chi connectivity index (χ2v) is 3.12. The molecule has 1 aliphatic rings. The number of hydrogen-bond donors (Lipinski definition) is 4. The van der Waals surface area contributed by atoms with Gasteiger partial charge in [0.05, 0.1) is 0 Å². The fraction of sp³-hybridized carbons (Fsp3) is 0.455. The molecular formula is C11H21N3O2. The molecule has 92 valence electrons. The smallest absolute Gasteiger partial charge is 0.300 e. The van der Waals surface area contributed by atoms with Crippen LogP contribution in [-0.2, 0) is 4.79 Å². The summed E-state index contributed by atoms with van der Waals surface area (Å²) in [5, 5.41) is 13.5. The highest BCUT2D eigenvalue weighted by molar-refractivity contribution is 5.71. The van der Waals surface area contributed by atoms with Gasteiger partial charge < -0.3 is 16.6 Å². The summed E-state index contributed by atoms with van der Waals surface area (Å²) in [6.07, 6.45) is 14.0. The zero-order valence-corrected chi connectivity index (χ0v) is 9.65. The molecule has 6 N–H and O–H groups in total. The van der Waals surface area contributed by atoms with Crippen LogP contribution in [0.5, 0.6) is 0 Å². The Hall–Kier alpha value is -1.78. The number of nitrogens with one attached hydrogen (secondary N) is 1. The van der Waals surface area contributed by atoms with Crippen LogP contribution in [-0.4, -0.2) is 17.0 Å². The number of carboxylic acid groups (broad SMARTS) is 1. The molecule has 1 rings (SSSR count). The van der Waals surface area contributed by atoms with Gasteiger partial charge in [-0.3, -0.25) is 10.2 Å². The average Bonchev–Trinajstić information content (AvgIpc) is 1.98. The summed E-state index contributed by atoms with van der Waals surface area (Å²) in [7, 11) is 0. The standard InChI is InChI=1S/C8H12.C2H4O2.CH5N3/c1-2-4-6-8-7-5-3-1;1-2(3)4;2-1(3)4/h1-4H,5-8H2;1H3,(H,3,4);(H5,2,3,4). The summed E-state index contributed by atoms with van der Waals surface area (Å²) in [6.45, 7) is 1.08. The van der Waals surface area contributed by atoms with E-state index in [1.54, 1.807) is 0 Å². The van der Waals surface area contributed by atoms with Gasteiger partial charge in [-0.1, -0.05) is 24.3 Å². The van der Waals surface area contributed by atoms with Crippen LogP contribution in [0.3, 0.4) is 0 Å². The maximum absolute atomic E-state index is 9.00. The summed E-state index contributed by atoms with van der Waals surface area (Å²) < 4.78 is 0. The zero-order chi connectivity index (χ0) is 12.8. The van der Waals surface area contributed by atoms with E-state index in [1.807, 2.05) is 0 Å². The number of allylic oxidation sites excluding steroid dienone is 4. The lowest BCUT2D eigenvalue weighted by molar-refractivity contribution is -0.134. The SMILES string of the molecule is C1=CCCCCC=C1.CC(=O)O.N=C(N)N. The Morgan fingerprint density at radius 3 is 1.69 bits per heavy atom. The van der Waals surface area contributed by atoms with E-state index in [0.717, 1.165) is 6.92 Å². The molecule has 0 atom stereocenters. The first-order chi connectivity index (χ1) is 7.46. The van der Waals surface area contributed by atoms with Crippen molar-refractivity contribution in [2.45, 2.75) is 32.6 Å². The molecule has 16 heavy (non-hydrogen) atoms. The van der Waals surface area contributed by atoms with E-state index in [9.17, 15) is 0 Å². The number of guanidine groups is 1. The van der Waals surface area contributed by atoms with Crippen LogP contribution in [0.15, 0.2) is 24.3 Å². The normalized spacial score (nSPS) is 13.1. The molecule has 5 nitrogen and oxygen atoms in total. The fourth-order valence-electron chi connectivity index (χ4n) is 0.874. The second-order valence-electron chi connectivity index (χ2n) is 3.12. The highest BCUT2D eigenvalue weighted by Gasteiger charge is 1.84. The molecule has 0 radical (unpaired) electrons. The third kappa shape index (κ3) is 39.8. The molecule has 0 aromatic heterocycles. The molecule has 0 saturated carbocycles. The third-order valence-corrected chi connectivity index (χ3v) is 1.37. The van der Waals surface area contributed by atoms with Crippen LogP contribution < -0.4 is 11.5 Å². The first-order valence-corrected chi connectivity index (χ1v) is 5.07. The Balaban J connectivity index is 0. The van der Waals surface area contributed by atoms with Gasteiger partial charge in [0.15, 0.2) is 5.96 Å². The molecule has 5 heteroatoms. The van der Waals surface area contributed by atoms with Crippen LogP contribution in [0.25, 0.3) is 0 Å². The molecule has 1 aliphatic carbocycles. The molecular weight excluding hydrogens is 206 g/mol. The molecule has 0 aromatic carbocycles. The number of rotatable bonds is 0. The molecule has 0 spiro atoms. The van der Waals surface area contributed by atoms with Crippen LogP contribution >= 0.6 is 0 Å². The van der Waals surface area contributed by atoms with E-state index in [1.165, 1.54) is 25.7 Å². The number of carbonyl (C=O) groups is 1. The largest absolute Gasteiger partial charge is 0.481 e. The first kappa shape index (κ1) is 16.6. The van der Waals surface area contributed by atoms with E-state index in [0.29, 0.717) is 0 Å². The van der Waals surface area contributed by atoms with Crippen molar-refractivity contribution in [3.05, 3.63) is 24.3 Å². The molecule has 0 bridgehead atoms. The van der Waals surface area contributed by atoms with Crippen molar-refractivity contribution in [3.8, 4) is 0 Å². The van der Waals surface area contributed by atoms with Crippen molar-refractivity contribution in [1.29, 1.82) is 5.41 Å². The zero-order valence-electron chi connectivity index (χ0n) is 9.65. The van der Waals surface area contributed by atoms with Gasteiger partial charge in [-0.25, -0.2) is 0 Å². The van der Waals surface area contributed by atoms with Gasteiger partial charge in [0.2, 0.25) is 0 Å². The molecule has 0 saturated heterocycles. The number of carboxylic acids is 1. The maximum Gasteiger partial charge on any atom is 0.300 e. The second kappa shape index (κ2) is 13.2. The van der Waals surface area contributed by atoms with Gasteiger partial charge in [-0.15, -0.1) is 0 Å². The Morgan fingerprint density at radius 2 is 1.44 bits per heavy atom. The van der Waals surface area contributed by atoms with Crippen molar-refractivity contribution in [2.24, 2.45) is 11.5 Å². The van der Waals surface area contributed by atoms with Crippen molar-refractivity contribution < 1.29 is 9.90 Å². The monoisotopic (exact) mass is 227 g/mol. The van der Waals surface area contributed by atoms with Crippen molar-refractivity contribution in [2.75, 3.05) is 0 Å². The van der Waals surface area contributed by atoms with Gasteiger partial charge in [-0.05, 0) is 25.7 Å². The highest BCUT2D eigenvalue weighted by Crippen LogP contribution is 2.04. The van der Waals surface area contributed by atoms with E-state index < -0.39 is 5.97 Å². The molecule has 0 heterocycles. The Morgan fingerprint density at radius 1 is 1.19 bits per heavy atom. The molecule has 0 amide bonds. The predicted octanol–water partition coefficient (Wildman–Crippen LogP) is 1.60. The molecule has 0 unspecified atom stereocenters. The van der Waals surface area contributed by atoms with Crippen LogP contribution in [0.2, 0.25) is 0 Å². The fourth-order valence-corrected chi connectivity index (χ4v) is 0.874. The minimum Gasteiger partial charge on any atom is -0.481 e. The quantitative estimate of drug-likeness (QED) is 0.372. The van der Waals surface area contributed by atoms with Gasteiger partial charge in [0.25, 0.3) is 5.97 Å². The minimum absolute atomic E-state index is 0.333. The highest BCUT2D eigenvalue weighted by atomic mass is 16.4. The predicted molar refractivity (Wildman–Crippen MR) is 66.2 cm³/mol. The van der Waals surface area contributed by atoms with E-state index in [2.05, 4.69) is 35.8 Å². The molecule has 0 aliphatic heterocycles. The van der Waals surface area contributed by atoms with Gasteiger partial charge >= 0.3 is 0 Å². The first-order valence-electron chi connectivity index (χ1n) is 5.07. The van der Waals surface area contributed by atoms with E-state index in [-0.39, 0.29) is 5.96 Å². The average molecular weight is 227 g/mol. The maximum atomic E-state index is 9.00. The molecule has 0 fully saturated rings. The topological polar surface area (TPSA) is 113 Å². The van der Waals surface area contributed by atoms with E-state index >= 15 is 0 Å². The third-order valence-electron chi connectivity index (χ3n) is 1.37. The summed E-state index contributed by atoms with van der Waals surface area (Å²) in [5.74, 6) is -1.17. The van der Waals surface area contributed by atoms with Crippen molar-refractivity contribution in [1.82, 2.24) is 0 Å². The lowest BCUT2D eigenvalue weighted by atomic mass is 10.1. The number of aliphatic carboxylic acids is 1. The van der Waals surface area contributed by atoms with Crippen LogP contribution in [0.4, 0.5) is 0 Å². The summed E-state index contributed by atoms with van der Waals surface area (Å²) in [4.78, 5) is 9.00. The lowest BCUT2D eigenvalue weighted by Crippen LogP contribution is -2.20. The van der Waals surface area contributed by atoms with Crippen LogP contribution in [0.1, 0.15) is 32.6 Å². The van der Waals surface area contributed by atoms with Gasteiger partial charge in [-0.2, -0.15) is 0 Å². The Kier molecular flexibility index (Phi) is 13.8. The van der Waals surface area contributed by atoms with Gasteiger partial charge in [0.1, 0.15) is 0 Å². The van der Waals surface area contributed by atoms with Crippen molar-refractivity contribution in [3.63, 3.8) is 0 Å².